The average Bonchev–Trinajstić information content (AvgIpc) is 2.56. The molecular weight excluding hydrogens is 326 g/mol. The molecule has 0 aromatic heterocycles. The molecule has 0 spiro atoms. The zero-order valence-corrected chi connectivity index (χ0v) is 16.4. The Hall–Kier alpha value is -2.40. The summed E-state index contributed by atoms with van der Waals surface area (Å²) in [4.78, 5) is 2.42. The summed E-state index contributed by atoms with van der Waals surface area (Å²) in [6.45, 7) is 11.8. The van der Waals surface area contributed by atoms with Gasteiger partial charge in [-0.05, 0) is 58.9 Å². The van der Waals surface area contributed by atoms with Gasteiger partial charge < -0.3 is 20.9 Å². The molecule has 0 radical (unpaired) electrons. The molecule has 0 heterocycles. The molecule has 5 nitrogen and oxygen atoms in total. The fraction of sp³-hybridized carbons (Fsp3) is 0.429. The molecular formula is C21H31N3O2. The van der Waals surface area contributed by atoms with Gasteiger partial charge in [0.1, 0.15) is 23.4 Å². The van der Waals surface area contributed by atoms with Gasteiger partial charge in [-0.3, -0.25) is 4.90 Å². The highest BCUT2D eigenvalue weighted by molar-refractivity contribution is 5.65. The van der Waals surface area contributed by atoms with Crippen molar-refractivity contribution in [3.63, 3.8) is 0 Å². The lowest BCUT2D eigenvalue weighted by molar-refractivity contribution is 0.0994. The molecule has 5 heteroatoms. The minimum Gasteiger partial charge on any atom is -0.489 e. The van der Waals surface area contributed by atoms with E-state index in [2.05, 4.69) is 39.5 Å². The van der Waals surface area contributed by atoms with Crippen LogP contribution in [-0.4, -0.2) is 29.6 Å². The normalized spacial score (nSPS) is 12.6. The van der Waals surface area contributed by atoms with Gasteiger partial charge >= 0.3 is 0 Å². The number of nitrogens with zero attached hydrogens (tertiary/aromatic N) is 1. The summed E-state index contributed by atoms with van der Waals surface area (Å²) < 4.78 is 12.0. The summed E-state index contributed by atoms with van der Waals surface area (Å²) in [6.07, 6.45) is 0.0715. The van der Waals surface area contributed by atoms with Gasteiger partial charge in [0.05, 0.1) is 11.4 Å². The molecule has 4 N–H and O–H groups in total. The van der Waals surface area contributed by atoms with E-state index in [-0.39, 0.29) is 6.10 Å². The zero-order chi connectivity index (χ0) is 19.3. The predicted molar refractivity (Wildman–Crippen MR) is 109 cm³/mol. The number of hydrogen-bond donors (Lipinski definition) is 2. The summed E-state index contributed by atoms with van der Waals surface area (Å²) in [7, 11) is 0. The van der Waals surface area contributed by atoms with Crippen molar-refractivity contribution in [3.05, 3.63) is 42.5 Å². The van der Waals surface area contributed by atoms with Crippen LogP contribution < -0.4 is 20.9 Å². The van der Waals surface area contributed by atoms with Crippen LogP contribution in [-0.2, 0) is 0 Å². The Morgan fingerprint density at radius 2 is 1.42 bits per heavy atom. The maximum atomic E-state index is 6.10. The quantitative estimate of drug-likeness (QED) is 0.679. The Labute approximate surface area is 156 Å². The third-order valence-electron chi connectivity index (χ3n) is 4.23. The van der Waals surface area contributed by atoms with E-state index in [0.717, 1.165) is 12.3 Å². The highest BCUT2D eigenvalue weighted by atomic mass is 16.5. The first kappa shape index (κ1) is 19.9. The first-order chi connectivity index (χ1) is 12.3. The second-order valence-electron chi connectivity index (χ2n) is 7.18. The molecule has 0 fully saturated rings. The third-order valence-corrected chi connectivity index (χ3v) is 4.23. The fourth-order valence-corrected chi connectivity index (χ4v) is 2.95. The van der Waals surface area contributed by atoms with Crippen LogP contribution in [0.4, 0.5) is 11.4 Å². The van der Waals surface area contributed by atoms with Crippen LogP contribution in [0, 0.1) is 0 Å². The second kappa shape index (κ2) is 8.81. The molecule has 142 valence electrons. The van der Waals surface area contributed by atoms with Crippen LogP contribution in [0.1, 0.15) is 34.6 Å². The first-order valence-electron chi connectivity index (χ1n) is 9.11. The number of hydrogen-bond acceptors (Lipinski definition) is 5. The Morgan fingerprint density at radius 1 is 0.808 bits per heavy atom. The molecule has 26 heavy (non-hydrogen) atoms. The fourth-order valence-electron chi connectivity index (χ4n) is 2.95. The van der Waals surface area contributed by atoms with Gasteiger partial charge in [-0.1, -0.05) is 6.07 Å². The van der Waals surface area contributed by atoms with E-state index in [1.807, 2.05) is 24.3 Å². The van der Waals surface area contributed by atoms with Gasteiger partial charge in [-0.15, -0.1) is 0 Å². The van der Waals surface area contributed by atoms with Crippen LogP contribution in [0.15, 0.2) is 42.5 Å². The SMILES string of the molecule is CC(CN(C(C)C)C(C)C)Oc1cccc(Oc2ccc(N)c(N)c2)c1. The van der Waals surface area contributed by atoms with Crippen molar-refractivity contribution < 1.29 is 9.47 Å². The summed E-state index contributed by atoms with van der Waals surface area (Å²) in [5.41, 5.74) is 12.6. The van der Waals surface area contributed by atoms with Gasteiger partial charge in [0.25, 0.3) is 0 Å². The smallest absolute Gasteiger partial charge is 0.131 e. The van der Waals surface area contributed by atoms with Crippen LogP contribution in [0.25, 0.3) is 0 Å². The van der Waals surface area contributed by atoms with Crippen molar-refractivity contribution >= 4 is 11.4 Å². The monoisotopic (exact) mass is 357 g/mol. The van der Waals surface area contributed by atoms with Gasteiger partial charge in [-0.2, -0.15) is 0 Å². The van der Waals surface area contributed by atoms with Crippen molar-refractivity contribution in [1.29, 1.82) is 0 Å². The van der Waals surface area contributed by atoms with Crippen LogP contribution >= 0.6 is 0 Å². The molecule has 0 aliphatic heterocycles. The van der Waals surface area contributed by atoms with Crippen LogP contribution in [0.5, 0.6) is 17.2 Å². The van der Waals surface area contributed by atoms with E-state index in [4.69, 9.17) is 20.9 Å². The van der Waals surface area contributed by atoms with E-state index >= 15 is 0 Å². The molecule has 0 aliphatic carbocycles. The minimum atomic E-state index is 0.0715. The highest BCUT2D eigenvalue weighted by Gasteiger charge is 2.17. The van der Waals surface area contributed by atoms with E-state index in [0.29, 0.717) is 35.0 Å². The number of rotatable bonds is 8. The van der Waals surface area contributed by atoms with Crippen molar-refractivity contribution in [2.75, 3.05) is 18.0 Å². The molecule has 0 bridgehead atoms. The Balaban J connectivity index is 2.03. The van der Waals surface area contributed by atoms with Crippen LogP contribution in [0.2, 0.25) is 0 Å². The number of nitrogens with two attached hydrogens (primary N) is 2. The number of ether oxygens (including phenoxy) is 2. The Kier molecular flexibility index (Phi) is 6.75. The second-order valence-corrected chi connectivity index (χ2v) is 7.18. The molecule has 2 rings (SSSR count). The zero-order valence-electron chi connectivity index (χ0n) is 16.4. The topological polar surface area (TPSA) is 73.7 Å². The maximum Gasteiger partial charge on any atom is 0.131 e. The molecule has 0 amide bonds. The lowest BCUT2D eigenvalue weighted by atomic mass is 10.2. The molecule has 1 unspecified atom stereocenters. The molecule has 0 aliphatic rings. The van der Waals surface area contributed by atoms with Crippen molar-refractivity contribution in [2.24, 2.45) is 0 Å². The van der Waals surface area contributed by atoms with E-state index in [1.54, 1.807) is 18.2 Å². The molecule has 0 saturated carbocycles. The van der Waals surface area contributed by atoms with Crippen molar-refractivity contribution in [3.8, 4) is 17.2 Å². The molecule has 2 aromatic carbocycles. The largest absolute Gasteiger partial charge is 0.489 e. The minimum absolute atomic E-state index is 0.0715. The lowest BCUT2D eigenvalue weighted by Crippen LogP contribution is -2.42. The van der Waals surface area contributed by atoms with Crippen molar-refractivity contribution in [1.82, 2.24) is 4.90 Å². The molecule has 2 aromatic rings. The summed E-state index contributed by atoms with van der Waals surface area (Å²) >= 11 is 0. The number of benzene rings is 2. The Bertz CT molecular complexity index is 708. The van der Waals surface area contributed by atoms with Gasteiger partial charge in [0.15, 0.2) is 0 Å². The molecule has 0 saturated heterocycles. The first-order valence-corrected chi connectivity index (χ1v) is 9.11. The number of anilines is 2. The van der Waals surface area contributed by atoms with Gasteiger partial charge in [0, 0.05) is 30.8 Å². The predicted octanol–water partition coefficient (Wildman–Crippen LogP) is 4.53. The van der Waals surface area contributed by atoms with Gasteiger partial charge in [0.2, 0.25) is 0 Å². The summed E-state index contributed by atoms with van der Waals surface area (Å²) in [5, 5.41) is 0. The lowest BCUT2D eigenvalue weighted by Gasteiger charge is -2.32. The summed E-state index contributed by atoms with van der Waals surface area (Å²) in [5.74, 6) is 2.13. The Morgan fingerprint density at radius 3 is 2.04 bits per heavy atom. The number of nitrogen functional groups attached to an aromatic ring is 2. The van der Waals surface area contributed by atoms with E-state index < -0.39 is 0 Å². The standard InChI is InChI=1S/C21H31N3O2/c1-14(2)24(15(3)4)13-16(5)25-17-7-6-8-18(11-17)26-19-9-10-20(22)21(23)12-19/h6-12,14-16H,13,22-23H2,1-5H3. The van der Waals surface area contributed by atoms with Crippen LogP contribution in [0.3, 0.4) is 0 Å². The highest BCUT2D eigenvalue weighted by Crippen LogP contribution is 2.29. The van der Waals surface area contributed by atoms with E-state index in [9.17, 15) is 0 Å². The molecule has 1 atom stereocenters. The summed E-state index contributed by atoms with van der Waals surface area (Å²) in [6, 6.07) is 13.8. The van der Waals surface area contributed by atoms with Gasteiger partial charge in [-0.25, -0.2) is 0 Å². The van der Waals surface area contributed by atoms with E-state index in [1.165, 1.54) is 0 Å². The maximum absolute atomic E-state index is 6.10. The third kappa shape index (κ3) is 5.56. The van der Waals surface area contributed by atoms with Crippen molar-refractivity contribution in [2.45, 2.75) is 52.8 Å². The average molecular weight is 357 g/mol.